The van der Waals surface area contributed by atoms with Crippen LogP contribution in [0.15, 0.2) is 48.2 Å². The van der Waals surface area contributed by atoms with E-state index >= 15 is 0 Å². The Morgan fingerprint density at radius 2 is 1.88 bits per heavy atom. The smallest absolute Gasteiger partial charge is 0.317 e. The monoisotopic (exact) mass is 445 g/mol. The minimum absolute atomic E-state index is 0.0791. The Hall–Kier alpha value is -3.28. The Morgan fingerprint density at radius 3 is 2.61 bits per heavy atom. The second kappa shape index (κ2) is 9.30. The van der Waals surface area contributed by atoms with E-state index in [1.54, 1.807) is 14.2 Å². The average Bonchev–Trinajstić information content (AvgIpc) is 3.53. The van der Waals surface area contributed by atoms with Crippen LogP contribution in [-0.4, -0.2) is 49.3 Å². The number of amides is 2. The second-order valence-corrected chi connectivity index (χ2v) is 8.97. The summed E-state index contributed by atoms with van der Waals surface area (Å²) in [4.78, 5) is 19.3. The standard InChI is InChI=1S/C27H31N3O3/c1-32-25-10-7-19(16-26(25)33-2)20-15-23-22(8-9-24(23)28-17-20)18-11-13-30(14-12-18)27(31)29-21-5-3-4-6-21/h7-8,10-11,15-17,21H,3-6,9,12-14H2,1-2H3,(H,29,31). The molecule has 1 aromatic heterocycles. The van der Waals surface area contributed by atoms with E-state index in [2.05, 4.69) is 23.5 Å². The zero-order valence-corrected chi connectivity index (χ0v) is 19.4. The average molecular weight is 446 g/mol. The molecule has 172 valence electrons. The predicted octanol–water partition coefficient (Wildman–Crippen LogP) is 4.99. The molecule has 1 fully saturated rings. The number of carbonyl (C=O) groups is 1. The second-order valence-electron chi connectivity index (χ2n) is 8.97. The molecule has 6 heteroatoms. The Labute approximate surface area is 195 Å². The van der Waals surface area contributed by atoms with Gasteiger partial charge in [-0.3, -0.25) is 4.98 Å². The van der Waals surface area contributed by atoms with Crippen LogP contribution in [0.25, 0.3) is 16.7 Å². The van der Waals surface area contributed by atoms with Crippen molar-refractivity contribution in [1.82, 2.24) is 15.2 Å². The summed E-state index contributed by atoms with van der Waals surface area (Å²) in [5.41, 5.74) is 6.97. The number of methoxy groups -OCH3 is 2. The van der Waals surface area contributed by atoms with Crippen molar-refractivity contribution in [2.45, 2.75) is 44.6 Å². The van der Waals surface area contributed by atoms with E-state index < -0.39 is 0 Å². The number of fused-ring (bicyclic) bond motifs is 1. The number of pyridine rings is 1. The third-order valence-corrected chi connectivity index (χ3v) is 7.00. The lowest BCUT2D eigenvalue weighted by Gasteiger charge is -2.28. The van der Waals surface area contributed by atoms with Crippen molar-refractivity contribution >= 4 is 11.6 Å². The maximum Gasteiger partial charge on any atom is 0.317 e. The fourth-order valence-corrected chi connectivity index (χ4v) is 5.11. The van der Waals surface area contributed by atoms with Crippen molar-refractivity contribution in [3.05, 3.63) is 59.4 Å². The molecule has 2 heterocycles. The van der Waals surface area contributed by atoms with Crippen LogP contribution in [0.2, 0.25) is 0 Å². The van der Waals surface area contributed by atoms with Crippen LogP contribution in [0, 0.1) is 0 Å². The number of benzene rings is 1. The molecule has 0 bridgehead atoms. The highest BCUT2D eigenvalue weighted by Gasteiger charge is 2.25. The normalized spacial score (nSPS) is 17.9. The molecule has 3 aliphatic rings. The fourth-order valence-electron chi connectivity index (χ4n) is 5.11. The number of rotatable bonds is 5. The molecular weight excluding hydrogens is 414 g/mol. The van der Waals surface area contributed by atoms with Crippen LogP contribution in [0.3, 0.4) is 0 Å². The van der Waals surface area contributed by atoms with Gasteiger partial charge in [0.25, 0.3) is 0 Å². The molecule has 0 saturated heterocycles. The van der Waals surface area contributed by atoms with Gasteiger partial charge in [-0.1, -0.05) is 31.1 Å². The third-order valence-electron chi connectivity index (χ3n) is 7.00. The number of hydrogen-bond donors (Lipinski definition) is 1. The number of urea groups is 1. The molecule has 1 aliphatic heterocycles. The Kier molecular flexibility index (Phi) is 6.07. The molecule has 6 nitrogen and oxygen atoms in total. The number of aromatic nitrogens is 1. The molecule has 0 radical (unpaired) electrons. The first-order chi connectivity index (χ1) is 16.2. The van der Waals surface area contributed by atoms with Crippen molar-refractivity contribution in [2.24, 2.45) is 0 Å². The number of ether oxygens (including phenoxy) is 2. The minimum atomic E-state index is 0.0791. The van der Waals surface area contributed by atoms with Crippen LogP contribution in [0.1, 0.15) is 43.4 Å². The molecule has 1 aromatic carbocycles. The van der Waals surface area contributed by atoms with Crippen molar-refractivity contribution in [3.63, 3.8) is 0 Å². The van der Waals surface area contributed by atoms with Gasteiger partial charge in [0.15, 0.2) is 11.5 Å². The molecule has 0 unspecified atom stereocenters. The number of nitrogens with one attached hydrogen (secondary N) is 1. The van der Waals surface area contributed by atoms with Gasteiger partial charge in [-0.2, -0.15) is 0 Å². The lowest BCUT2D eigenvalue weighted by molar-refractivity contribution is 0.198. The summed E-state index contributed by atoms with van der Waals surface area (Å²) in [7, 11) is 3.29. The highest BCUT2D eigenvalue weighted by molar-refractivity contribution is 5.86. The molecule has 0 atom stereocenters. The maximum absolute atomic E-state index is 12.6. The van der Waals surface area contributed by atoms with Gasteiger partial charge in [0.2, 0.25) is 0 Å². The quantitative estimate of drug-likeness (QED) is 0.704. The number of allylic oxidation sites excluding steroid dienone is 2. The molecule has 2 aromatic rings. The van der Waals surface area contributed by atoms with Gasteiger partial charge in [0, 0.05) is 42.9 Å². The molecule has 1 N–H and O–H groups in total. The molecular formula is C27H31N3O3. The molecule has 2 aliphatic carbocycles. The zero-order chi connectivity index (χ0) is 22.8. The molecule has 0 spiro atoms. The van der Waals surface area contributed by atoms with Gasteiger partial charge < -0.3 is 19.7 Å². The fraction of sp³-hybridized carbons (Fsp3) is 0.407. The van der Waals surface area contributed by atoms with Crippen molar-refractivity contribution in [2.75, 3.05) is 27.3 Å². The zero-order valence-electron chi connectivity index (χ0n) is 19.4. The summed E-state index contributed by atoms with van der Waals surface area (Å²) in [5, 5.41) is 3.21. The van der Waals surface area contributed by atoms with Crippen LogP contribution >= 0.6 is 0 Å². The first-order valence-corrected chi connectivity index (χ1v) is 11.8. The molecule has 1 saturated carbocycles. The van der Waals surface area contributed by atoms with E-state index in [1.165, 1.54) is 29.6 Å². The van der Waals surface area contributed by atoms with Crippen LogP contribution in [0.5, 0.6) is 11.5 Å². The van der Waals surface area contributed by atoms with E-state index in [-0.39, 0.29) is 6.03 Å². The highest BCUT2D eigenvalue weighted by Crippen LogP contribution is 2.38. The Morgan fingerprint density at radius 1 is 1.06 bits per heavy atom. The topological polar surface area (TPSA) is 63.7 Å². The van der Waals surface area contributed by atoms with Crippen molar-refractivity contribution < 1.29 is 14.3 Å². The van der Waals surface area contributed by atoms with E-state index in [1.807, 2.05) is 29.3 Å². The van der Waals surface area contributed by atoms with E-state index in [0.717, 1.165) is 49.0 Å². The first-order valence-electron chi connectivity index (χ1n) is 11.8. The molecule has 5 rings (SSSR count). The summed E-state index contributed by atoms with van der Waals surface area (Å²) >= 11 is 0. The summed E-state index contributed by atoms with van der Waals surface area (Å²) in [6.07, 6.45) is 12.8. The summed E-state index contributed by atoms with van der Waals surface area (Å²) < 4.78 is 10.8. The largest absolute Gasteiger partial charge is 0.493 e. The summed E-state index contributed by atoms with van der Waals surface area (Å²) in [6, 6.07) is 8.60. The SMILES string of the molecule is COc1ccc(-c2cnc3c(c2)C(C2=CCN(C(=O)NC4CCCC4)CC2)=CC3)cc1OC. The third kappa shape index (κ3) is 4.34. The Bertz CT molecular complexity index is 1120. The highest BCUT2D eigenvalue weighted by atomic mass is 16.5. The van der Waals surface area contributed by atoms with Crippen LogP contribution < -0.4 is 14.8 Å². The van der Waals surface area contributed by atoms with Gasteiger partial charge in [0.05, 0.1) is 19.9 Å². The van der Waals surface area contributed by atoms with Crippen molar-refractivity contribution in [3.8, 4) is 22.6 Å². The summed E-state index contributed by atoms with van der Waals surface area (Å²) in [5.74, 6) is 1.42. The molecule has 2 amide bonds. The van der Waals surface area contributed by atoms with E-state index in [4.69, 9.17) is 14.5 Å². The lowest BCUT2D eigenvalue weighted by atomic mass is 9.94. The van der Waals surface area contributed by atoms with Gasteiger partial charge in [0.1, 0.15) is 0 Å². The first kappa shape index (κ1) is 21.6. The molecule has 33 heavy (non-hydrogen) atoms. The predicted molar refractivity (Wildman–Crippen MR) is 130 cm³/mol. The number of hydrogen-bond acceptors (Lipinski definition) is 4. The maximum atomic E-state index is 12.6. The van der Waals surface area contributed by atoms with E-state index in [0.29, 0.717) is 24.1 Å². The number of nitrogens with zero attached hydrogens (tertiary/aromatic N) is 2. The van der Waals surface area contributed by atoms with Crippen LogP contribution in [0.4, 0.5) is 4.79 Å². The summed E-state index contributed by atoms with van der Waals surface area (Å²) in [6.45, 7) is 1.41. The lowest BCUT2D eigenvalue weighted by Crippen LogP contribution is -2.45. The van der Waals surface area contributed by atoms with Gasteiger partial charge in [-0.25, -0.2) is 4.79 Å². The van der Waals surface area contributed by atoms with Crippen LogP contribution in [-0.2, 0) is 6.42 Å². The van der Waals surface area contributed by atoms with Gasteiger partial charge in [-0.05, 0) is 54.2 Å². The minimum Gasteiger partial charge on any atom is -0.493 e. The van der Waals surface area contributed by atoms with Gasteiger partial charge >= 0.3 is 6.03 Å². The number of carbonyl (C=O) groups excluding carboxylic acids is 1. The van der Waals surface area contributed by atoms with Gasteiger partial charge in [-0.15, -0.1) is 0 Å². The van der Waals surface area contributed by atoms with Crippen molar-refractivity contribution in [1.29, 1.82) is 0 Å². The Balaban J connectivity index is 1.33. The van der Waals surface area contributed by atoms with E-state index in [9.17, 15) is 4.79 Å².